The first kappa shape index (κ1) is 16.6. The Morgan fingerprint density at radius 1 is 1.33 bits per heavy atom. The fraction of sp³-hybridized carbons (Fsp3) is 0.375. The second-order valence-electron chi connectivity index (χ2n) is 5.96. The van der Waals surface area contributed by atoms with Crippen LogP contribution in [0.3, 0.4) is 0 Å². The zero-order valence-electron chi connectivity index (χ0n) is 13.3. The molecule has 1 N–H and O–H groups in total. The van der Waals surface area contributed by atoms with Gasteiger partial charge in [0.1, 0.15) is 6.33 Å². The number of hydrogen-bond donors (Lipinski definition) is 1. The number of piperidine rings is 1. The van der Waals surface area contributed by atoms with Gasteiger partial charge in [-0.15, -0.1) is 0 Å². The quantitative estimate of drug-likeness (QED) is 0.622. The van der Waals surface area contributed by atoms with Gasteiger partial charge in [-0.3, -0.25) is 10.1 Å². The van der Waals surface area contributed by atoms with Gasteiger partial charge in [-0.05, 0) is 37.0 Å². The monoisotopic (exact) mass is 391 g/mol. The highest BCUT2D eigenvalue weighted by molar-refractivity contribution is 9.10. The molecule has 8 heteroatoms. The van der Waals surface area contributed by atoms with Crippen molar-refractivity contribution in [2.45, 2.75) is 19.8 Å². The topological polar surface area (TPSA) is 84.2 Å². The molecule has 0 saturated carbocycles. The van der Waals surface area contributed by atoms with Gasteiger partial charge < -0.3 is 10.2 Å². The molecule has 1 aromatic heterocycles. The lowest BCUT2D eigenvalue weighted by Gasteiger charge is -2.30. The van der Waals surface area contributed by atoms with Crippen LogP contribution in [0.15, 0.2) is 35.1 Å². The van der Waals surface area contributed by atoms with Crippen LogP contribution >= 0.6 is 15.9 Å². The number of nitro groups is 1. The van der Waals surface area contributed by atoms with Crippen molar-refractivity contribution in [1.29, 1.82) is 0 Å². The van der Waals surface area contributed by atoms with Gasteiger partial charge in [-0.1, -0.05) is 28.9 Å². The molecular formula is C16H18BrN5O2. The number of benzene rings is 1. The van der Waals surface area contributed by atoms with E-state index in [1.807, 2.05) is 29.2 Å². The minimum Gasteiger partial charge on any atom is -0.351 e. The minimum absolute atomic E-state index is 0.0768. The van der Waals surface area contributed by atoms with Crippen LogP contribution in [0.5, 0.6) is 0 Å². The molecule has 1 saturated heterocycles. The molecule has 0 aliphatic carbocycles. The van der Waals surface area contributed by atoms with Gasteiger partial charge in [-0.25, -0.2) is 9.97 Å². The number of nitrogens with zero attached hydrogens (tertiary/aromatic N) is 4. The van der Waals surface area contributed by atoms with Crippen molar-refractivity contribution in [3.63, 3.8) is 0 Å². The van der Waals surface area contributed by atoms with Gasteiger partial charge in [-0.2, -0.15) is 0 Å². The lowest BCUT2D eigenvalue weighted by Crippen LogP contribution is -2.34. The van der Waals surface area contributed by atoms with E-state index in [4.69, 9.17) is 0 Å². The smallest absolute Gasteiger partial charge is 0.351 e. The molecule has 0 atom stereocenters. The Balaban J connectivity index is 1.95. The maximum atomic E-state index is 11.7. The Hall–Kier alpha value is -2.22. The van der Waals surface area contributed by atoms with E-state index in [9.17, 15) is 10.1 Å². The van der Waals surface area contributed by atoms with Gasteiger partial charge in [0, 0.05) is 23.2 Å². The van der Waals surface area contributed by atoms with Gasteiger partial charge >= 0.3 is 5.69 Å². The molecule has 3 rings (SSSR count). The Morgan fingerprint density at radius 2 is 2.08 bits per heavy atom. The largest absolute Gasteiger partial charge is 0.353 e. The van der Waals surface area contributed by atoms with Crippen LogP contribution in [0.4, 0.5) is 23.0 Å². The van der Waals surface area contributed by atoms with Crippen LogP contribution in [0.1, 0.15) is 19.8 Å². The number of aromatic nitrogens is 2. The van der Waals surface area contributed by atoms with Gasteiger partial charge in [0.05, 0.1) is 4.92 Å². The molecule has 1 fully saturated rings. The second-order valence-corrected chi connectivity index (χ2v) is 6.87. The zero-order valence-corrected chi connectivity index (χ0v) is 14.9. The van der Waals surface area contributed by atoms with Crippen molar-refractivity contribution in [3.05, 3.63) is 45.2 Å². The van der Waals surface area contributed by atoms with Crippen LogP contribution in [-0.4, -0.2) is 28.0 Å². The molecule has 2 aromatic rings. The molecule has 0 amide bonds. The maximum Gasteiger partial charge on any atom is 0.353 e. The van der Waals surface area contributed by atoms with Crippen molar-refractivity contribution in [1.82, 2.24) is 9.97 Å². The standard InChI is InChI=1S/C16H18BrN5O2/c1-11-5-7-21(8-6-11)16-14(22(23)24)15(18-10-19-16)20-13-4-2-3-12(17)9-13/h2-4,9-11H,5-8H2,1H3,(H,18,19,20). The van der Waals surface area contributed by atoms with Gasteiger partial charge in [0.15, 0.2) is 0 Å². The molecule has 24 heavy (non-hydrogen) atoms. The Bertz CT molecular complexity index is 747. The van der Waals surface area contributed by atoms with E-state index in [0.29, 0.717) is 11.7 Å². The first-order valence-corrected chi connectivity index (χ1v) is 8.61. The van der Waals surface area contributed by atoms with Crippen LogP contribution in [-0.2, 0) is 0 Å². The molecular weight excluding hydrogens is 374 g/mol. The minimum atomic E-state index is -0.409. The molecule has 7 nitrogen and oxygen atoms in total. The summed E-state index contributed by atoms with van der Waals surface area (Å²) in [4.78, 5) is 21.5. The van der Waals surface area contributed by atoms with Crippen molar-refractivity contribution in [2.75, 3.05) is 23.3 Å². The van der Waals surface area contributed by atoms with Gasteiger partial charge in [0.2, 0.25) is 11.6 Å². The Morgan fingerprint density at radius 3 is 2.75 bits per heavy atom. The van der Waals surface area contributed by atoms with Gasteiger partial charge in [0.25, 0.3) is 0 Å². The molecule has 0 unspecified atom stereocenters. The molecule has 126 valence electrons. The number of rotatable bonds is 4. The zero-order chi connectivity index (χ0) is 17.1. The fourth-order valence-corrected chi connectivity index (χ4v) is 3.18. The summed E-state index contributed by atoms with van der Waals surface area (Å²) in [6, 6.07) is 7.42. The number of hydrogen-bond acceptors (Lipinski definition) is 6. The molecule has 0 spiro atoms. The van der Waals surface area contributed by atoms with Crippen LogP contribution in [0.25, 0.3) is 0 Å². The third-order valence-electron chi connectivity index (χ3n) is 4.16. The number of anilines is 3. The Kier molecular flexibility index (Phi) is 4.94. The summed E-state index contributed by atoms with van der Waals surface area (Å²) in [6.45, 7) is 3.75. The molecule has 2 heterocycles. The van der Waals surface area contributed by atoms with Crippen molar-refractivity contribution in [3.8, 4) is 0 Å². The second kappa shape index (κ2) is 7.12. The van der Waals surface area contributed by atoms with Crippen molar-refractivity contribution in [2.24, 2.45) is 5.92 Å². The average Bonchev–Trinajstić information content (AvgIpc) is 2.55. The lowest BCUT2D eigenvalue weighted by atomic mass is 9.99. The summed E-state index contributed by atoms with van der Waals surface area (Å²) < 4.78 is 0.884. The fourth-order valence-electron chi connectivity index (χ4n) is 2.78. The third-order valence-corrected chi connectivity index (χ3v) is 4.65. The highest BCUT2D eigenvalue weighted by Gasteiger charge is 2.29. The molecule has 0 bridgehead atoms. The van der Waals surface area contributed by atoms with Crippen LogP contribution in [0, 0.1) is 16.0 Å². The predicted octanol–water partition coefficient (Wildman–Crippen LogP) is 4.13. The summed E-state index contributed by atoms with van der Waals surface area (Å²) in [5, 5.41) is 14.7. The summed E-state index contributed by atoms with van der Waals surface area (Å²) in [5.41, 5.74) is 0.649. The van der Waals surface area contributed by atoms with E-state index in [-0.39, 0.29) is 11.5 Å². The first-order valence-electron chi connectivity index (χ1n) is 7.81. The van der Waals surface area contributed by atoms with E-state index in [1.165, 1.54) is 6.33 Å². The van der Waals surface area contributed by atoms with Crippen LogP contribution in [0.2, 0.25) is 0 Å². The van der Waals surface area contributed by atoms with E-state index < -0.39 is 4.92 Å². The molecule has 1 aliphatic rings. The van der Waals surface area contributed by atoms with Crippen LogP contribution < -0.4 is 10.2 Å². The number of nitrogens with one attached hydrogen (secondary N) is 1. The highest BCUT2D eigenvalue weighted by Crippen LogP contribution is 2.35. The first-order chi connectivity index (χ1) is 11.5. The van der Waals surface area contributed by atoms with E-state index in [0.717, 1.165) is 36.1 Å². The normalized spacial score (nSPS) is 15.3. The average molecular weight is 392 g/mol. The predicted molar refractivity (Wildman–Crippen MR) is 96.7 cm³/mol. The summed E-state index contributed by atoms with van der Waals surface area (Å²) in [6.07, 6.45) is 3.39. The SMILES string of the molecule is CC1CCN(c2ncnc(Nc3cccc(Br)c3)c2[N+](=O)[O-])CC1. The summed E-state index contributed by atoms with van der Waals surface area (Å²) in [5.74, 6) is 1.24. The number of halogens is 1. The van der Waals surface area contributed by atoms with E-state index in [2.05, 4.69) is 38.1 Å². The maximum absolute atomic E-state index is 11.7. The van der Waals surface area contributed by atoms with E-state index in [1.54, 1.807) is 0 Å². The van der Waals surface area contributed by atoms with Crippen molar-refractivity contribution < 1.29 is 4.92 Å². The highest BCUT2D eigenvalue weighted by atomic mass is 79.9. The van der Waals surface area contributed by atoms with Crippen molar-refractivity contribution >= 4 is 38.9 Å². The lowest BCUT2D eigenvalue weighted by molar-refractivity contribution is -0.383. The van der Waals surface area contributed by atoms with E-state index >= 15 is 0 Å². The summed E-state index contributed by atoms with van der Waals surface area (Å²) >= 11 is 3.39. The molecule has 1 aromatic carbocycles. The molecule has 0 radical (unpaired) electrons. The third kappa shape index (κ3) is 3.64. The molecule has 1 aliphatic heterocycles. The summed E-state index contributed by atoms with van der Waals surface area (Å²) in [7, 11) is 0. The Labute approximate surface area is 148 Å².